The summed E-state index contributed by atoms with van der Waals surface area (Å²) in [6.45, 7) is 1.01. The van der Waals surface area contributed by atoms with E-state index in [9.17, 15) is 0 Å². The van der Waals surface area contributed by atoms with Crippen LogP contribution >= 0.6 is 24.0 Å². The molecule has 0 bridgehead atoms. The first-order chi connectivity index (χ1) is 10.7. The highest BCUT2D eigenvalue weighted by Gasteiger charge is 2.41. The number of rotatable bonds is 2. The monoisotopic (exact) mass is 331 g/mol. The number of hydrogen-bond donors (Lipinski definition) is 2. The third-order valence-corrected chi connectivity index (χ3v) is 6.28. The maximum absolute atomic E-state index is 6.07. The number of hydrogen-bond acceptors (Lipinski definition) is 2. The van der Waals surface area contributed by atoms with E-state index in [-0.39, 0.29) is 0 Å². The van der Waals surface area contributed by atoms with Gasteiger partial charge in [0.25, 0.3) is 0 Å². The molecule has 1 aliphatic heterocycles. The minimum absolute atomic E-state index is 0.421. The van der Waals surface area contributed by atoms with E-state index in [4.69, 9.17) is 18.0 Å². The highest BCUT2D eigenvalue weighted by atomic mass is 32.2. The summed E-state index contributed by atoms with van der Waals surface area (Å²) < 4.78 is 0. The largest absolute Gasteiger partial charge is 0.376 e. The summed E-state index contributed by atoms with van der Waals surface area (Å²) in [5.41, 5.74) is 10.2. The van der Waals surface area contributed by atoms with Crippen LogP contribution in [0.2, 0.25) is 0 Å². The van der Waals surface area contributed by atoms with E-state index in [1.54, 1.807) is 0 Å². The molecule has 0 radical (unpaired) electrons. The highest BCUT2D eigenvalue weighted by Crippen LogP contribution is 2.45. The van der Waals surface area contributed by atoms with E-state index < -0.39 is 0 Å². The van der Waals surface area contributed by atoms with Gasteiger partial charge in [0.05, 0.1) is 0 Å². The van der Waals surface area contributed by atoms with Crippen molar-refractivity contribution in [2.45, 2.75) is 24.8 Å². The Labute approximate surface area is 140 Å². The molecule has 0 unspecified atom stereocenters. The van der Waals surface area contributed by atoms with Crippen LogP contribution in [0.25, 0.3) is 10.9 Å². The Hall–Kier alpha value is -1.20. The Bertz CT molecular complexity index is 724. The number of thiocarbonyl (C=S) groups is 1. The number of nitrogens with two attached hydrogens (primary N) is 1. The Morgan fingerprint density at radius 2 is 2.36 bits per heavy atom. The maximum Gasteiger partial charge on any atom is 0.166 e. The zero-order valence-electron chi connectivity index (χ0n) is 12.7. The topological polar surface area (TPSA) is 45.0 Å². The van der Waals surface area contributed by atoms with Crippen molar-refractivity contribution in [2.24, 2.45) is 11.7 Å². The third kappa shape index (κ3) is 2.14. The van der Waals surface area contributed by atoms with E-state index in [0.29, 0.717) is 23.0 Å². The number of likely N-dealkylation sites (tertiary alicyclic amines) is 1. The number of nitrogens with one attached hydrogen (secondary N) is 1. The Kier molecular flexibility index (Phi) is 3.57. The molecule has 2 heterocycles. The van der Waals surface area contributed by atoms with E-state index in [1.807, 2.05) is 11.8 Å². The second-order valence-electron chi connectivity index (χ2n) is 6.51. The van der Waals surface area contributed by atoms with Gasteiger partial charge < -0.3 is 15.6 Å². The van der Waals surface area contributed by atoms with Crippen LogP contribution in [0.3, 0.4) is 0 Å². The van der Waals surface area contributed by atoms with Crippen LogP contribution in [0.1, 0.15) is 23.5 Å². The van der Waals surface area contributed by atoms with Gasteiger partial charge in [-0.15, -0.1) is 0 Å². The van der Waals surface area contributed by atoms with Gasteiger partial charge in [-0.25, -0.2) is 0 Å². The molecule has 1 fully saturated rings. The van der Waals surface area contributed by atoms with Gasteiger partial charge in [-0.1, -0.05) is 12.1 Å². The first-order valence-corrected chi connectivity index (χ1v) is 9.63. The average molecular weight is 332 g/mol. The van der Waals surface area contributed by atoms with Crippen molar-refractivity contribution in [1.29, 1.82) is 0 Å². The summed E-state index contributed by atoms with van der Waals surface area (Å²) in [5, 5.41) is 2.00. The molecule has 3 atom stereocenters. The van der Waals surface area contributed by atoms with Crippen LogP contribution in [0.4, 0.5) is 0 Å². The lowest BCUT2D eigenvalue weighted by atomic mass is 9.73. The summed E-state index contributed by atoms with van der Waals surface area (Å²) in [6, 6.07) is 7.07. The molecule has 1 saturated heterocycles. The van der Waals surface area contributed by atoms with E-state index in [0.717, 1.165) is 13.0 Å². The molecule has 4 rings (SSSR count). The van der Waals surface area contributed by atoms with Gasteiger partial charge in [-0.05, 0) is 60.2 Å². The molecule has 1 aromatic carbocycles. The lowest BCUT2D eigenvalue weighted by Crippen LogP contribution is -2.54. The van der Waals surface area contributed by atoms with E-state index >= 15 is 0 Å². The number of aromatic amines is 1. The van der Waals surface area contributed by atoms with Crippen LogP contribution in [-0.2, 0) is 6.42 Å². The van der Waals surface area contributed by atoms with Crippen molar-refractivity contribution >= 4 is 40.0 Å². The Morgan fingerprint density at radius 1 is 1.50 bits per heavy atom. The summed E-state index contributed by atoms with van der Waals surface area (Å²) in [6.07, 6.45) is 6.64. The van der Waals surface area contributed by atoms with Crippen molar-refractivity contribution in [3.63, 3.8) is 0 Å². The predicted octanol–water partition coefficient (Wildman–Crippen LogP) is 3.10. The fraction of sp³-hybridized carbons (Fsp3) is 0.471. The molecule has 22 heavy (non-hydrogen) atoms. The molecular weight excluding hydrogens is 310 g/mol. The van der Waals surface area contributed by atoms with Crippen LogP contribution in [0.15, 0.2) is 24.4 Å². The van der Waals surface area contributed by atoms with Crippen LogP contribution < -0.4 is 5.73 Å². The molecule has 3 nitrogen and oxygen atoms in total. The third-order valence-electron chi connectivity index (χ3n) is 5.24. The normalized spacial score (nSPS) is 27.0. The smallest absolute Gasteiger partial charge is 0.166 e. The molecule has 2 aromatic rings. The molecule has 1 aromatic heterocycles. The fourth-order valence-corrected chi connectivity index (χ4v) is 5.32. The minimum Gasteiger partial charge on any atom is -0.376 e. The van der Waals surface area contributed by atoms with Crippen LogP contribution in [0.5, 0.6) is 0 Å². The van der Waals surface area contributed by atoms with E-state index in [2.05, 4.69) is 40.5 Å². The van der Waals surface area contributed by atoms with Gasteiger partial charge in [-0.2, -0.15) is 11.8 Å². The minimum atomic E-state index is 0.421. The van der Waals surface area contributed by atoms with Crippen LogP contribution in [-0.4, -0.2) is 39.6 Å². The average Bonchev–Trinajstić information content (AvgIpc) is 2.92. The number of thioether (sulfide) groups is 1. The second-order valence-corrected chi connectivity index (χ2v) is 7.84. The molecule has 0 saturated carbocycles. The number of fused-ring (bicyclic) bond motifs is 2. The number of H-pyrrole nitrogens is 1. The summed E-state index contributed by atoms with van der Waals surface area (Å²) in [4.78, 5) is 5.71. The summed E-state index contributed by atoms with van der Waals surface area (Å²) in [5.74, 6) is 2.38. The first-order valence-electron chi connectivity index (χ1n) is 7.83. The van der Waals surface area contributed by atoms with Gasteiger partial charge in [0, 0.05) is 35.6 Å². The molecule has 0 spiro atoms. The predicted molar refractivity (Wildman–Crippen MR) is 98.5 cm³/mol. The standard InChI is InChI=1S/C17H21N3S2/c1-22-9-10-5-13-12-3-2-4-14-16(12)11(7-19-14)6-15(13)20(8-10)17(18)21/h2-4,7,10,13,15,19H,5-6,8-9H2,1H3,(H2,18,21)/t10-,13-,15-/m1/s1. The van der Waals surface area contributed by atoms with Crippen molar-refractivity contribution in [3.05, 3.63) is 35.5 Å². The quantitative estimate of drug-likeness (QED) is 0.830. The highest BCUT2D eigenvalue weighted by molar-refractivity contribution is 7.98. The van der Waals surface area contributed by atoms with Crippen molar-refractivity contribution < 1.29 is 0 Å². The van der Waals surface area contributed by atoms with Crippen LogP contribution in [0, 0.1) is 5.92 Å². The number of benzene rings is 1. The van der Waals surface area contributed by atoms with Gasteiger partial charge in [-0.3, -0.25) is 0 Å². The molecule has 2 aliphatic rings. The molecule has 5 heteroatoms. The Balaban J connectivity index is 1.80. The number of nitrogens with zero attached hydrogens (tertiary/aromatic N) is 1. The molecule has 3 N–H and O–H groups in total. The van der Waals surface area contributed by atoms with Gasteiger partial charge in [0.1, 0.15) is 0 Å². The zero-order chi connectivity index (χ0) is 15.3. The van der Waals surface area contributed by atoms with E-state index in [1.165, 1.54) is 34.2 Å². The summed E-state index contributed by atoms with van der Waals surface area (Å²) in [7, 11) is 0. The fourth-order valence-electron chi connectivity index (χ4n) is 4.40. The number of piperidine rings is 1. The lowest BCUT2D eigenvalue weighted by molar-refractivity contribution is 0.166. The zero-order valence-corrected chi connectivity index (χ0v) is 14.3. The lowest BCUT2D eigenvalue weighted by Gasteiger charge is -2.47. The molecule has 1 aliphatic carbocycles. The van der Waals surface area contributed by atoms with Crippen molar-refractivity contribution in [2.75, 3.05) is 18.6 Å². The Morgan fingerprint density at radius 3 is 3.14 bits per heavy atom. The molecule has 116 valence electrons. The number of aromatic nitrogens is 1. The molecule has 0 amide bonds. The van der Waals surface area contributed by atoms with Crippen molar-refractivity contribution in [1.82, 2.24) is 9.88 Å². The second kappa shape index (κ2) is 5.46. The van der Waals surface area contributed by atoms with Crippen molar-refractivity contribution in [3.8, 4) is 0 Å². The summed E-state index contributed by atoms with van der Waals surface area (Å²) >= 11 is 7.29. The van der Waals surface area contributed by atoms with Gasteiger partial charge >= 0.3 is 0 Å². The maximum atomic E-state index is 6.07. The van der Waals surface area contributed by atoms with Gasteiger partial charge in [0.2, 0.25) is 0 Å². The SMILES string of the molecule is CSC[C@@H]1C[C@@H]2c3cccc4[nH]cc(c34)C[C@H]2N(C(N)=S)C1. The van der Waals surface area contributed by atoms with Gasteiger partial charge in [0.15, 0.2) is 5.11 Å². The molecular formula is C17H21N3S2. The first kappa shape index (κ1) is 14.4.